The maximum Gasteiger partial charge on any atom is 0.284 e. The van der Waals surface area contributed by atoms with Gasteiger partial charge in [0, 0.05) is 5.56 Å². The Labute approximate surface area is 131 Å². The van der Waals surface area contributed by atoms with Crippen LogP contribution in [0.5, 0.6) is 5.75 Å². The molecular formula is C17H12FNO2S. The highest BCUT2D eigenvalue weighted by atomic mass is 32.2. The zero-order valence-electron chi connectivity index (χ0n) is 11.7. The van der Waals surface area contributed by atoms with Gasteiger partial charge < -0.3 is 4.74 Å². The summed E-state index contributed by atoms with van der Waals surface area (Å²) in [6.07, 6.45) is 1.77. The Morgan fingerprint density at radius 3 is 2.64 bits per heavy atom. The second-order valence-corrected chi connectivity index (χ2v) is 5.65. The fourth-order valence-corrected chi connectivity index (χ4v) is 2.92. The van der Waals surface area contributed by atoms with Gasteiger partial charge in [0.2, 0.25) is 0 Å². The molecule has 0 saturated carbocycles. The van der Waals surface area contributed by atoms with Crippen LogP contribution in [0.4, 0.5) is 4.39 Å². The van der Waals surface area contributed by atoms with E-state index in [9.17, 15) is 9.18 Å². The first-order valence-corrected chi connectivity index (χ1v) is 7.40. The lowest BCUT2D eigenvalue weighted by Crippen LogP contribution is -1.91. The number of carbonyl (C=O) groups is 1. The van der Waals surface area contributed by atoms with Crippen LogP contribution in [-0.2, 0) is 4.79 Å². The van der Waals surface area contributed by atoms with Crippen LogP contribution in [0.3, 0.4) is 0 Å². The maximum absolute atomic E-state index is 13.3. The van der Waals surface area contributed by atoms with E-state index < -0.39 is 0 Å². The normalized spacial score (nSPS) is 16.0. The van der Waals surface area contributed by atoms with Crippen molar-refractivity contribution in [1.82, 2.24) is 0 Å². The first-order valence-electron chi connectivity index (χ1n) is 6.58. The van der Waals surface area contributed by atoms with Crippen LogP contribution in [0.25, 0.3) is 6.08 Å². The molecule has 1 amide bonds. The van der Waals surface area contributed by atoms with Crippen LogP contribution in [0.1, 0.15) is 11.1 Å². The van der Waals surface area contributed by atoms with Gasteiger partial charge in [-0.05, 0) is 35.9 Å². The smallest absolute Gasteiger partial charge is 0.284 e. The number of halogens is 1. The van der Waals surface area contributed by atoms with Crippen molar-refractivity contribution in [3.63, 3.8) is 0 Å². The highest BCUT2D eigenvalue weighted by molar-refractivity contribution is 8.19. The third-order valence-electron chi connectivity index (χ3n) is 3.11. The number of rotatable bonds is 3. The molecule has 1 heterocycles. The van der Waals surface area contributed by atoms with Crippen LogP contribution in [-0.4, -0.2) is 18.1 Å². The van der Waals surface area contributed by atoms with Crippen molar-refractivity contribution in [3.05, 3.63) is 70.4 Å². The van der Waals surface area contributed by atoms with Crippen molar-refractivity contribution < 1.29 is 13.9 Å². The molecule has 0 fully saturated rings. The average Bonchev–Trinajstić information content (AvgIpc) is 2.89. The Bertz CT molecular complexity index is 782. The van der Waals surface area contributed by atoms with Gasteiger partial charge in [0.15, 0.2) is 0 Å². The summed E-state index contributed by atoms with van der Waals surface area (Å²) in [6, 6.07) is 13.4. The standard InChI is InChI=1S/C17H12FNO2S/c1-21-14-7-5-11(6-8-14)9-15-16(20)19-17(22-15)12-3-2-4-13(18)10-12/h2-10H,1H3/b15-9-. The number of ether oxygens (including phenoxy) is 1. The molecule has 0 N–H and O–H groups in total. The first kappa shape index (κ1) is 14.5. The number of aliphatic imine (C=N–C) groups is 1. The third-order valence-corrected chi connectivity index (χ3v) is 4.14. The Kier molecular flexibility index (Phi) is 4.06. The average molecular weight is 313 g/mol. The van der Waals surface area contributed by atoms with Gasteiger partial charge in [-0.3, -0.25) is 4.79 Å². The lowest BCUT2D eigenvalue weighted by molar-refractivity contribution is -0.113. The topological polar surface area (TPSA) is 38.7 Å². The SMILES string of the molecule is COc1ccc(/C=C2\SC(c3cccc(F)c3)=NC2=O)cc1. The fraction of sp³-hybridized carbons (Fsp3) is 0.0588. The van der Waals surface area contributed by atoms with Crippen molar-refractivity contribution in [1.29, 1.82) is 0 Å². The van der Waals surface area contributed by atoms with E-state index in [1.54, 1.807) is 25.3 Å². The first-order chi connectivity index (χ1) is 10.7. The lowest BCUT2D eigenvalue weighted by atomic mass is 10.2. The second kappa shape index (κ2) is 6.15. The molecule has 3 nitrogen and oxygen atoms in total. The summed E-state index contributed by atoms with van der Waals surface area (Å²) in [7, 11) is 1.60. The molecule has 0 aromatic heterocycles. The molecule has 22 heavy (non-hydrogen) atoms. The number of benzene rings is 2. The predicted molar refractivity (Wildman–Crippen MR) is 86.5 cm³/mol. The summed E-state index contributed by atoms with van der Waals surface area (Å²) in [5.74, 6) is 0.102. The summed E-state index contributed by atoms with van der Waals surface area (Å²) in [5, 5.41) is 0.518. The molecule has 0 bridgehead atoms. The molecule has 3 rings (SSSR count). The number of thioether (sulfide) groups is 1. The molecule has 5 heteroatoms. The van der Waals surface area contributed by atoms with Crippen LogP contribution < -0.4 is 4.74 Å². The monoisotopic (exact) mass is 313 g/mol. The highest BCUT2D eigenvalue weighted by Crippen LogP contribution is 2.32. The van der Waals surface area contributed by atoms with Crippen molar-refractivity contribution in [2.75, 3.05) is 7.11 Å². The minimum atomic E-state index is -0.346. The van der Waals surface area contributed by atoms with E-state index >= 15 is 0 Å². The maximum atomic E-state index is 13.3. The van der Waals surface area contributed by atoms with Crippen LogP contribution in [0, 0.1) is 5.82 Å². The Morgan fingerprint density at radius 2 is 1.95 bits per heavy atom. The number of hydrogen-bond donors (Lipinski definition) is 0. The summed E-state index contributed by atoms with van der Waals surface area (Å²) < 4.78 is 18.4. The summed E-state index contributed by atoms with van der Waals surface area (Å²) in [4.78, 5) is 16.5. The summed E-state index contributed by atoms with van der Waals surface area (Å²) >= 11 is 1.25. The highest BCUT2D eigenvalue weighted by Gasteiger charge is 2.23. The quantitative estimate of drug-likeness (QED) is 0.807. The number of carbonyl (C=O) groups excluding carboxylic acids is 1. The minimum Gasteiger partial charge on any atom is -0.497 e. The Balaban J connectivity index is 1.83. The predicted octanol–water partition coefficient (Wildman–Crippen LogP) is 3.90. The Morgan fingerprint density at radius 1 is 1.18 bits per heavy atom. The molecule has 2 aromatic carbocycles. The molecule has 1 aliphatic heterocycles. The van der Waals surface area contributed by atoms with Gasteiger partial charge in [-0.2, -0.15) is 0 Å². The van der Waals surface area contributed by atoms with E-state index in [2.05, 4.69) is 4.99 Å². The molecule has 2 aromatic rings. The fourth-order valence-electron chi connectivity index (χ4n) is 2.01. The molecule has 110 valence electrons. The van der Waals surface area contributed by atoms with E-state index in [-0.39, 0.29) is 11.7 Å². The molecule has 0 radical (unpaired) electrons. The molecule has 0 unspecified atom stereocenters. The van der Waals surface area contributed by atoms with E-state index in [4.69, 9.17) is 4.74 Å². The molecule has 0 aliphatic carbocycles. The Hall–Kier alpha value is -2.40. The van der Waals surface area contributed by atoms with Crippen LogP contribution >= 0.6 is 11.8 Å². The van der Waals surface area contributed by atoms with Crippen molar-refractivity contribution >= 4 is 28.8 Å². The van der Waals surface area contributed by atoms with Gasteiger partial charge in [0.1, 0.15) is 16.6 Å². The van der Waals surface area contributed by atoms with Crippen LogP contribution in [0.2, 0.25) is 0 Å². The second-order valence-electron chi connectivity index (χ2n) is 4.62. The van der Waals surface area contributed by atoms with Crippen LogP contribution in [0.15, 0.2) is 58.4 Å². The summed E-state index contributed by atoms with van der Waals surface area (Å²) in [5.41, 5.74) is 1.49. The van der Waals surface area contributed by atoms with E-state index in [0.29, 0.717) is 15.5 Å². The van der Waals surface area contributed by atoms with Crippen molar-refractivity contribution in [2.24, 2.45) is 4.99 Å². The molecular weight excluding hydrogens is 301 g/mol. The minimum absolute atomic E-state index is 0.305. The van der Waals surface area contributed by atoms with E-state index in [1.165, 1.54) is 23.9 Å². The van der Waals surface area contributed by atoms with Gasteiger partial charge in [-0.25, -0.2) is 9.38 Å². The van der Waals surface area contributed by atoms with Gasteiger partial charge in [0.25, 0.3) is 5.91 Å². The van der Waals surface area contributed by atoms with E-state index in [0.717, 1.165) is 11.3 Å². The third kappa shape index (κ3) is 3.09. The molecule has 0 atom stereocenters. The zero-order valence-corrected chi connectivity index (χ0v) is 12.6. The zero-order chi connectivity index (χ0) is 15.5. The molecule has 0 saturated heterocycles. The van der Waals surface area contributed by atoms with Gasteiger partial charge in [0.05, 0.1) is 12.0 Å². The largest absolute Gasteiger partial charge is 0.497 e. The number of methoxy groups -OCH3 is 1. The van der Waals surface area contributed by atoms with E-state index in [1.807, 2.05) is 24.3 Å². The molecule has 1 aliphatic rings. The molecule has 0 spiro atoms. The van der Waals surface area contributed by atoms with Gasteiger partial charge in [-0.15, -0.1) is 0 Å². The number of hydrogen-bond acceptors (Lipinski definition) is 3. The van der Waals surface area contributed by atoms with Crippen molar-refractivity contribution in [3.8, 4) is 5.75 Å². The van der Waals surface area contributed by atoms with Gasteiger partial charge >= 0.3 is 0 Å². The lowest BCUT2D eigenvalue weighted by Gasteiger charge is -2.01. The summed E-state index contributed by atoms with van der Waals surface area (Å²) in [6.45, 7) is 0. The number of nitrogens with zero attached hydrogens (tertiary/aromatic N) is 1. The number of amides is 1. The van der Waals surface area contributed by atoms with Gasteiger partial charge in [-0.1, -0.05) is 36.0 Å². The van der Waals surface area contributed by atoms with Crippen molar-refractivity contribution in [2.45, 2.75) is 0 Å².